The Morgan fingerprint density at radius 3 is 2.43 bits per heavy atom. The number of aromatic nitrogens is 1. The van der Waals surface area contributed by atoms with Crippen LogP contribution in [0.15, 0.2) is 64.5 Å². The van der Waals surface area contributed by atoms with Gasteiger partial charge < -0.3 is 9.84 Å². The highest BCUT2D eigenvalue weighted by Gasteiger charge is 2.35. The molecule has 0 atom stereocenters. The van der Waals surface area contributed by atoms with Gasteiger partial charge in [-0.2, -0.15) is 21.6 Å². The number of carbonyl (C=O) groups is 1. The molecule has 2 aromatic carbocycles. The van der Waals surface area contributed by atoms with E-state index in [1.807, 2.05) is 0 Å². The number of halogens is 3. The van der Waals surface area contributed by atoms with Crippen molar-refractivity contribution in [2.45, 2.75) is 37.0 Å². The smallest absolute Gasteiger partial charge is 0.416 e. The predicted octanol–water partition coefficient (Wildman–Crippen LogP) is 5.44. The number of aliphatic carboxylic acids is 1. The molecule has 0 fully saturated rings. The normalized spacial score (nSPS) is 12.3. The molecule has 0 aliphatic heterocycles. The number of anilines is 1. The Hall–Kier alpha value is -3.38. The van der Waals surface area contributed by atoms with Crippen molar-refractivity contribution in [3.8, 4) is 5.75 Å². The van der Waals surface area contributed by atoms with Gasteiger partial charge in [-0.15, -0.1) is 11.3 Å². The molecule has 0 aliphatic rings. The quantitative estimate of drug-likeness (QED) is 0.373. The predicted molar refractivity (Wildman–Crippen MR) is 126 cm³/mol. The molecule has 1 aromatic heterocycles. The van der Waals surface area contributed by atoms with Crippen molar-refractivity contribution in [3.63, 3.8) is 0 Å². The van der Waals surface area contributed by atoms with Gasteiger partial charge in [0.25, 0.3) is 10.0 Å². The van der Waals surface area contributed by atoms with Crippen molar-refractivity contribution in [1.29, 1.82) is 0 Å². The first kappa shape index (κ1) is 26.2. The first-order valence-corrected chi connectivity index (χ1v) is 12.5. The van der Waals surface area contributed by atoms with Crippen LogP contribution in [-0.2, 0) is 27.6 Å². The van der Waals surface area contributed by atoms with Crippen LogP contribution in [0, 0.1) is 0 Å². The highest BCUT2D eigenvalue weighted by atomic mass is 32.2. The van der Waals surface area contributed by atoms with Crippen LogP contribution in [0.2, 0.25) is 0 Å². The number of rotatable bonds is 9. The van der Waals surface area contributed by atoms with E-state index >= 15 is 0 Å². The van der Waals surface area contributed by atoms with Gasteiger partial charge in [0.1, 0.15) is 12.4 Å². The molecular formula is C23H21F3N2O5S2. The zero-order valence-corrected chi connectivity index (χ0v) is 20.2. The maximum Gasteiger partial charge on any atom is 0.416 e. The number of nitrogens with zero attached hydrogens (tertiary/aromatic N) is 2. The summed E-state index contributed by atoms with van der Waals surface area (Å²) >= 11 is 0.897. The van der Waals surface area contributed by atoms with E-state index < -0.39 is 33.8 Å². The lowest BCUT2D eigenvalue weighted by molar-refractivity contribution is -0.137. The van der Waals surface area contributed by atoms with Crippen molar-refractivity contribution in [2.75, 3.05) is 4.31 Å². The largest absolute Gasteiger partial charge is 0.487 e. The van der Waals surface area contributed by atoms with E-state index in [9.17, 15) is 26.4 Å². The second kappa shape index (κ2) is 10.5. The molecule has 12 heteroatoms. The van der Waals surface area contributed by atoms with Crippen LogP contribution in [0.4, 0.5) is 18.9 Å². The summed E-state index contributed by atoms with van der Waals surface area (Å²) in [6.07, 6.45) is -0.965. The summed E-state index contributed by atoms with van der Waals surface area (Å²) in [5.74, 6) is -1.36. The van der Waals surface area contributed by atoms with Gasteiger partial charge in [-0.3, -0.25) is 4.31 Å². The first-order chi connectivity index (χ1) is 16.4. The Morgan fingerprint density at radius 1 is 1.20 bits per heavy atom. The highest BCUT2D eigenvalue weighted by molar-refractivity contribution is 7.94. The van der Waals surface area contributed by atoms with Crippen LogP contribution in [0.3, 0.4) is 0 Å². The molecule has 0 unspecified atom stereocenters. The molecule has 0 amide bonds. The molecule has 1 heterocycles. The minimum atomic E-state index is -4.66. The lowest BCUT2D eigenvalue weighted by atomic mass is 10.1. The number of alkyl halides is 3. The molecule has 0 radical (unpaired) electrons. The molecule has 186 valence electrons. The van der Waals surface area contributed by atoms with E-state index in [2.05, 4.69) is 4.98 Å². The second-order valence-electron chi connectivity index (χ2n) is 7.57. The topological polar surface area (TPSA) is 96.8 Å². The van der Waals surface area contributed by atoms with E-state index in [1.165, 1.54) is 17.7 Å². The highest BCUT2D eigenvalue weighted by Crippen LogP contribution is 2.40. The van der Waals surface area contributed by atoms with Crippen molar-refractivity contribution < 1.29 is 36.2 Å². The van der Waals surface area contributed by atoms with Crippen molar-refractivity contribution in [1.82, 2.24) is 4.98 Å². The molecule has 0 bridgehead atoms. The third-order valence-corrected chi connectivity index (χ3v) is 7.84. The number of ether oxygens (including phenoxy) is 1. The fourth-order valence-corrected chi connectivity index (χ4v) is 5.73. The lowest BCUT2D eigenvalue weighted by Crippen LogP contribution is -2.37. The van der Waals surface area contributed by atoms with Gasteiger partial charge in [0, 0.05) is 23.7 Å². The molecule has 3 aromatic rings. The monoisotopic (exact) mass is 526 g/mol. The summed E-state index contributed by atoms with van der Waals surface area (Å²) < 4.78 is 73.2. The van der Waals surface area contributed by atoms with Crippen LogP contribution < -0.4 is 9.04 Å². The van der Waals surface area contributed by atoms with Crippen molar-refractivity contribution >= 4 is 39.1 Å². The number of carboxylic acids is 1. The van der Waals surface area contributed by atoms with Gasteiger partial charge in [-0.25, -0.2) is 9.78 Å². The van der Waals surface area contributed by atoms with Crippen LogP contribution >= 0.6 is 11.3 Å². The third kappa shape index (κ3) is 6.40. The molecule has 1 N–H and O–H groups in total. The molecule has 0 saturated heterocycles. The summed E-state index contributed by atoms with van der Waals surface area (Å²) in [4.78, 5) is 14.5. The third-order valence-electron chi connectivity index (χ3n) is 4.68. The fraction of sp³-hybridized carbons (Fsp3) is 0.217. The lowest BCUT2D eigenvalue weighted by Gasteiger charge is -2.29. The number of carboxylic acid groups (broad SMARTS) is 1. The SMILES string of the molecule is CC(C)N(c1ccc(C(F)(F)F)cc1OCc1ccc(/C=C/C(=O)O)cc1)S(=O)(=O)c1nccs1. The van der Waals surface area contributed by atoms with Gasteiger partial charge >= 0.3 is 12.1 Å². The summed E-state index contributed by atoms with van der Waals surface area (Å²) in [7, 11) is -4.16. The standard InChI is InChI=1S/C23H21F3N2O5S2/c1-15(2)28(35(31,32)22-27-11-12-34-22)19-9-8-18(23(24,25)26)13-20(19)33-14-17-5-3-16(4-6-17)7-10-21(29)30/h3-13,15H,14H2,1-2H3,(H,29,30)/b10-7+. The Bertz CT molecular complexity index is 1300. The fourth-order valence-electron chi connectivity index (χ4n) is 3.15. The molecule has 35 heavy (non-hydrogen) atoms. The zero-order valence-electron chi connectivity index (χ0n) is 18.6. The van der Waals surface area contributed by atoms with E-state index in [1.54, 1.807) is 38.1 Å². The number of sulfonamides is 1. The Balaban J connectivity index is 1.98. The number of benzene rings is 2. The van der Waals surface area contributed by atoms with E-state index in [4.69, 9.17) is 9.84 Å². The van der Waals surface area contributed by atoms with Crippen molar-refractivity contribution in [2.24, 2.45) is 0 Å². The number of hydrogen-bond acceptors (Lipinski definition) is 6. The maximum atomic E-state index is 13.4. The van der Waals surface area contributed by atoms with E-state index in [-0.39, 0.29) is 22.4 Å². The zero-order chi connectivity index (χ0) is 25.8. The molecule has 0 saturated carbocycles. The van der Waals surface area contributed by atoms with Crippen LogP contribution in [0.1, 0.15) is 30.5 Å². The summed E-state index contributed by atoms with van der Waals surface area (Å²) in [6.45, 7) is 3.03. The molecule has 3 rings (SSSR count). The van der Waals surface area contributed by atoms with Crippen LogP contribution in [0.25, 0.3) is 6.08 Å². The molecular weight excluding hydrogens is 505 g/mol. The number of thiazole rings is 1. The average Bonchev–Trinajstić information content (AvgIpc) is 3.32. The van der Waals surface area contributed by atoms with Gasteiger partial charge in [-0.1, -0.05) is 24.3 Å². The summed E-state index contributed by atoms with van der Waals surface area (Å²) in [6, 6.07) is 8.50. The van der Waals surface area contributed by atoms with Crippen LogP contribution in [-0.4, -0.2) is 30.5 Å². The Morgan fingerprint density at radius 2 is 1.89 bits per heavy atom. The average molecular weight is 527 g/mol. The van der Waals surface area contributed by atoms with Crippen molar-refractivity contribution in [3.05, 3.63) is 76.8 Å². The van der Waals surface area contributed by atoms with Crippen LogP contribution in [0.5, 0.6) is 5.75 Å². The minimum Gasteiger partial charge on any atom is -0.487 e. The molecule has 7 nitrogen and oxygen atoms in total. The Kier molecular flexibility index (Phi) is 7.86. The second-order valence-corrected chi connectivity index (χ2v) is 10.5. The van der Waals surface area contributed by atoms with Gasteiger partial charge in [0.05, 0.1) is 11.3 Å². The van der Waals surface area contributed by atoms with Gasteiger partial charge in [0.2, 0.25) is 4.34 Å². The molecule has 0 aliphatic carbocycles. The minimum absolute atomic E-state index is 0.0517. The van der Waals surface area contributed by atoms with Gasteiger partial charge in [0.15, 0.2) is 0 Å². The Labute approximate surface area is 204 Å². The van der Waals surface area contributed by atoms with E-state index in [0.29, 0.717) is 11.1 Å². The summed E-state index contributed by atoms with van der Waals surface area (Å²) in [5.41, 5.74) is 0.154. The maximum absolute atomic E-state index is 13.4. The molecule has 0 spiro atoms. The van der Waals surface area contributed by atoms with Gasteiger partial charge in [-0.05, 0) is 49.2 Å². The summed E-state index contributed by atoms with van der Waals surface area (Å²) in [5, 5.41) is 10.2. The van der Waals surface area contributed by atoms with E-state index in [0.717, 1.165) is 39.9 Å². The first-order valence-electron chi connectivity index (χ1n) is 10.2. The number of hydrogen-bond donors (Lipinski definition) is 1.